The van der Waals surface area contributed by atoms with E-state index in [1.165, 1.54) is 6.07 Å². The summed E-state index contributed by atoms with van der Waals surface area (Å²) in [6.45, 7) is 0. The molecule has 1 N–H and O–H groups in total. The molecule has 4 nitrogen and oxygen atoms in total. The zero-order valence-electron chi connectivity index (χ0n) is 9.12. The molecule has 98 valence electrons. The summed E-state index contributed by atoms with van der Waals surface area (Å²) < 4.78 is 45.1. The van der Waals surface area contributed by atoms with Crippen LogP contribution in [0.4, 0.5) is 13.2 Å². The lowest BCUT2D eigenvalue weighted by atomic mass is 10.1. The molecule has 0 unspecified atom stereocenters. The number of halogens is 3. The lowest BCUT2D eigenvalue weighted by molar-refractivity contribution is 0.0685. The Bertz CT molecular complexity index is 676. The number of hydrogen-bond donors (Lipinski definition) is 1. The second-order valence-corrected chi connectivity index (χ2v) is 3.53. The van der Waals surface area contributed by atoms with Crippen LogP contribution in [0.1, 0.15) is 20.9 Å². The van der Waals surface area contributed by atoms with E-state index < -0.39 is 34.5 Å². The fourth-order valence-electron chi connectivity index (χ4n) is 1.53. The fraction of sp³-hybridized carbons (Fsp3) is 0. The largest absolute Gasteiger partial charge is 0.477 e. The SMILES string of the molecule is O=Cc1ccc(-c2cc(F)c(F)c(C(=O)O)c2F)o1. The number of hydrogen-bond acceptors (Lipinski definition) is 3. The highest BCUT2D eigenvalue weighted by Gasteiger charge is 2.25. The lowest BCUT2D eigenvalue weighted by Crippen LogP contribution is -2.08. The molecular formula is C12H5F3O4. The molecule has 0 atom stereocenters. The molecular weight excluding hydrogens is 265 g/mol. The van der Waals surface area contributed by atoms with Gasteiger partial charge in [-0.1, -0.05) is 0 Å². The Morgan fingerprint density at radius 3 is 2.42 bits per heavy atom. The topological polar surface area (TPSA) is 67.5 Å². The molecule has 0 aliphatic heterocycles. The first-order valence-corrected chi connectivity index (χ1v) is 4.92. The van der Waals surface area contributed by atoms with Crippen molar-refractivity contribution in [3.8, 4) is 11.3 Å². The van der Waals surface area contributed by atoms with Gasteiger partial charge in [0.2, 0.25) is 0 Å². The molecule has 1 heterocycles. The third-order valence-corrected chi connectivity index (χ3v) is 2.38. The fourth-order valence-corrected chi connectivity index (χ4v) is 1.53. The number of rotatable bonds is 3. The van der Waals surface area contributed by atoms with Gasteiger partial charge in [0.15, 0.2) is 29.5 Å². The highest BCUT2D eigenvalue weighted by molar-refractivity contribution is 5.90. The van der Waals surface area contributed by atoms with Gasteiger partial charge >= 0.3 is 5.97 Å². The third-order valence-electron chi connectivity index (χ3n) is 2.38. The normalized spacial score (nSPS) is 10.5. The standard InChI is InChI=1S/C12H5F3O4/c13-7-3-6(8-2-1-5(4-16)19-8)10(14)9(11(7)15)12(17)18/h1-4H,(H,17,18). The Morgan fingerprint density at radius 2 is 1.89 bits per heavy atom. The minimum absolute atomic E-state index is 0.156. The van der Waals surface area contributed by atoms with Gasteiger partial charge in [-0.15, -0.1) is 0 Å². The van der Waals surface area contributed by atoms with Gasteiger partial charge in [-0.25, -0.2) is 18.0 Å². The number of aromatic carboxylic acids is 1. The number of furan rings is 1. The van der Waals surface area contributed by atoms with E-state index in [-0.39, 0.29) is 11.5 Å². The Labute approximate surface area is 104 Å². The third kappa shape index (κ3) is 2.10. The number of carboxylic acid groups (broad SMARTS) is 1. The molecule has 19 heavy (non-hydrogen) atoms. The average molecular weight is 270 g/mol. The Balaban J connectivity index is 2.71. The van der Waals surface area contributed by atoms with Crippen LogP contribution in [-0.2, 0) is 0 Å². The van der Waals surface area contributed by atoms with E-state index in [1.807, 2.05) is 0 Å². The van der Waals surface area contributed by atoms with Crippen LogP contribution in [0.2, 0.25) is 0 Å². The molecule has 2 rings (SSSR count). The maximum atomic E-state index is 13.8. The van der Waals surface area contributed by atoms with E-state index in [0.29, 0.717) is 12.4 Å². The molecule has 0 saturated heterocycles. The average Bonchev–Trinajstić information content (AvgIpc) is 2.82. The molecule has 2 aromatic rings. The van der Waals surface area contributed by atoms with E-state index >= 15 is 0 Å². The summed E-state index contributed by atoms with van der Waals surface area (Å²) in [5.74, 6) is -7.18. The van der Waals surface area contributed by atoms with Gasteiger partial charge in [-0.3, -0.25) is 4.79 Å². The number of carboxylic acids is 1. The van der Waals surface area contributed by atoms with Gasteiger partial charge in [-0.05, 0) is 18.2 Å². The Morgan fingerprint density at radius 1 is 1.21 bits per heavy atom. The van der Waals surface area contributed by atoms with Gasteiger partial charge in [-0.2, -0.15) is 0 Å². The summed E-state index contributed by atoms with van der Waals surface area (Å²) in [7, 11) is 0. The van der Waals surface area contributed by atoms with Crippen LogP contribution >= 0.6 is 0 Å². The van der Waals surface area contributed by atoms with Crippen molar-refractivity contribution in [1.29, 1.82) is 0 Å². The smallest absolute Gasteiger partial charge is 0.341 e. The molecule has 0 saturated carbocycles. The molecule has 0 bridgehead atoms. The Hall–Kier alpha value is -2.57. The first-order valence-electron chi connectivity index (χ1n) is 4.92. The van der Waals surface area contributed by atoms with E-state index in [0.717, 1.165) is 6.07 Å². The van der Waals surface area contributed by atoms with Crippen molar-refractivity contribution in [2.45, 2.75) is 0 Å². The zero-order chi connectivity index (χ0) is 14.2. The maximum Gasteiger partial charge on any atom is 0.341 e. The molecule has 0 radical (unpaired) electrons. The molecule has 7 heteroatoms. The minimum atomic E-state index is -1.95. The number of carbonyl (C=O) groups is 2. The minimum Gasteiger partial charge on any atom is -0.477 e. The van der Waals surface area contributed by atoms with Crippen LogP contribution in [0.3, 0.4) is 0 Å². The van der Waals surface area contributed by atoms with Crippen LogP contribution < -0.4 is 0 Å². The van der Waals surface area contributed by atoms with Crippen molar-refractivity contribution < 1.29 is 32.3 Å². The van der Waals surface area contributed by atoms with Gasteiger partial charge in [0.05, 0.1) is 5.56 Å². The van der Waals surface area contributed by atoms with E-state index in [1.54, 1.807) is 0 Å². The first kappa shape index (κ1) is 12.9. The zero-order valence-corrected chi connectivity index (χ0v) is 9.12. The van der Waals surface area contributed by atoms with Crippen LogP contribution in [0.15, 0.2) is 22.6 Å². The summed E-state index contributed by atoms with van der Waals surface area (Å²) in [6, 6.07) is 2.79. The van der Waals surface area contributed by atoms with Crippen LogP contribution in [-0.4, -0.2) is 17.4 Å². The van der Waals surface area contributed by atoms with Gasteiger partial charge in [0.25, 0.3) is 0 Å². The predicted octanol–water partition coefficient (Wildman–Crippen LogP) is 2.87. The van der Waals surface area contributed by atoms with Crippen molar-refractivity contribution in [3.05, 3.63) is 47.0 Å². The quantitative estimate of drug-likeness (QED) is 0.687. The summed E-state index contributed by atoms with van der Waals surface area (Å²) in [6.07, 6.45) is 0.333. The van der Waals surface area contributed by atoms with Gasteiger partial charge in [0.1, 0.15) is 11.3 Å². The van der Waals surface area contributed by atoms with Crippen LogP contribution in [0.25, 0.3) is 11.3 Å². The second-order valence-electron chi connectivity index (χ2n) is 3.53. The van der Waals surface area contributed by atoms with Crippen LogP contribution in [0, 0.1) is 17.5 Å². The summed E-state index contributed by atoms with van der Waals surface area (Å²) >= 11 is 0. The second kappa shape index (κ2) is 4.60. The molecule has 0 fully saturated rings. The van der Waals surface area contributed by atoms with Gasteiger partial charge < -0.3 is 9.52 Å². The molecule has 1 aromatic carbocycles. The molecule has 0 amide bonds. The van der Waals surface area contributed by atoms with E-state index in [2.05, 4.69) is 0 Å². The van der Waals surface area contributed by atoms with Crippen molar-refractivity contribution in [2.24, 2.45) is 0 Å². The molecule has 1 aromatic heterocycles. The molecule has 0 aliphatic carbocycles. The summed E-state index contributed by atoms with van der Waals surface area (Å²) in [5, 5.41) is 8.66. The van der Waals surface area contributed by atoms with Crippen molar-refractivity contribution >= 4 is 12.3 Å². The summed E-state index contributed by atoms with van der Waals surface area (Å²) in [4.78, 5) is 21.1. The number of aldehydes is 1. The molecule has 0 spiro atoms. The highest BCUT2D eigenvalue weighted by Crippen LogP contribution is 2.29. The number of benzene rings is 1. The first-order chi connectivity index (χ1) is 8.95. The highest BCUT2D eigenvalue weighted by atomic mass is 19.2. The monoisotopic (exact) mass is 270 g/mol. The van der Waals surface area contributed by atoms with Crippen molar-refractivity contribution in [3.63, 3.8) is 0 Å². The maximum absolute atomic E-state index is 13.8. The van der Waals surface area contributed by atoms with Crippen molar-refractivity contribution in [1.82, 2.24) is 0 Å². The van der Waals surface area contributed by atoms with E-state index in [9.17, 15) is 22.8 Å². The Kier molecular flexibility index (Phi) is 3.12. The van der Waals surface area contributed by atoms with E-state index in [4.69, 9.17) is 9.52 Å². The number of carbonyl (C=O) groups excluding carboxylic acids is 1. The van der Waals surface area contributed by atoms with Gasteiger partial charge in [0, 0.05) is 0 Å². The van der Waals surface area contributed by atoms with Crippen LogP contribution in [0.5, 0.6) is 0 Å². The lowest BCUT2D eigenvalue weighted by Gasteiger charge is -2.05. The summed E-state index contributed by atoms with van der Waals surface area (Å²) in [5.41, 5.74) is -2.00. The predicted molar refractivity (Wildman–Crippen MR) is 56.4 cm³/mol. The molecule has 0 aliphatic rings. The van der Waals surface area contributed by atoms with Crippen molar-refractivity contribution in [2.75, 3.05) is 0 Å².